The summed E-state index contributed by atoms with van der Waals surface area (Å²) in [7, 11) is 0. The third-order valence-corrected chi connectivity index (χ3v) is 5.62. The quantitative estimate of drug-likeness (QED) is 0.790. The number of carbonyl (C=O) groups is 1. The van der Waals surface area contributed by atoms with Gasteiger partial charge in [0.1, 0.15) is 6.73 Å². The molecule has 0 saturated carbocycles. The van der Waals surface area contributed by atoms with Crippen molar-refractivity contribution in [1.29, 1.82) is 0 Å². The molecule has 0 aliphatic carbocycles. The molecule has 5 rings (SSSR count). The fourth-order valence-corrected chi connectivity index (χ4v) is 4.67. The third kappa shape index (κ3) is 2.29. The summed E-state index contributed by atoms with van der Waals surface area (Å²) >= 11 is 0. The summed E-state index contributed by atoms with van der Waals surface area (Å²) in [6.07, 6.45) is 2.00. The fraction of sp³-hybridized carbons (Fsp3) is 0.450. The minimum absolute atomic E-state index is 0.196. The van der Waals surface area contributed by atoms with Crippen LogP contribution in [0.1, 0.15) is 24.6 Å². The molecule has 0 radical (unpaired) electrons. The molecule has 2 aromatic rings. The SMILES string of the molecule is CC(=O)OC[C@@H]1CC2=C3c4c(c5ccccc5n4COC2)CCN3C1. The molecule has 1 atom stereocenters. The standard InChI is InChI=1S/C20H22N2O3/c1-13(23)25-10-14-8-15-11-24-12-22-18-5-3-2-4-16(18)17-6-7-21(9-14)19(15)20(17)22/h2-5,14H,6-12H2,1H3/t14-/m1/s1. The van der Waals surface area contributed by atoms with Gasteiger partial charge in [0.15, 0.2) is 0 Å². The lowest BCUT2D eigenvalue weighted by Gasteiger charge is -2.40. The van der Waals surface area contributed by atoms with E-state index in [1.54, 1.807) is 0 Å². The van der Waals surface area contributed by atoms with E-state index in [1.807, 2.05) is 0 Å². The van der Waals surface area contributed by atoms with E-state index < -0.39 is 0 Å². The average molecular weight is 338 g/mol. The number of esters is 1. The third-order valence-electron chi connectivity index (χ3n) is 5.62. The van der Waals surface area contributed by atoms with Crippen LogP contribution < -0.4 is 0 Å². The first-order valence-electron chi connectivity index (χ1n) is 9.01. The largest absolute Gasteiger partial charge is 0.465 e. The van der Waals surface area contributed by atoms with Crippen molar-refractivity contribution in [3.05, 3.63) is 41.1 Å². The van der Waals surface area contributed by atoms with Crippen molar-refractivity contribution in [2.75, 3.05) is 26.3 Å². The normalized spacial score (nSPS) is 22.0. The second-order valence-electron chi connectivity index (χ2n) is 7.27. The van der Waals surface area contributed by atoms with Crippen molar-refractivity contribution in [3.8, 4) is 0 Å². The van der Waals surface area contributed by atoms with Crippen LogP contribution in [0.5, 0.6) is 0 Å². The van der Waals surface area contributed by atoms with Crippen LogP contribution >= 0.6 is 0 Å². The van der Waals surface area contributed by atoms with Crippen LogP contribution in [0.4, 0.5) is 0 Å². The van der Waals surface area contributed by atoms with Crippen LogP contribution in [-0.2, 0) is 27.4 Å². The number of carbonyl (C=O) groups excluding carboxylic acids is 1. The molecule has 25 heavy (non-hydrogen) atoms. The van der Waals surface area contributed by atoms with Crippen LogP contribution in [0.3, 0.4) is 0 Å². The Labute approximate surface area is 146 Å². The summed E-state index contributed by atoms with van der Waals surface area (Å²) in [5, 5.41) is 1.36. The Kier molecular flexibility index (Phi) is 3.38. The zero-order chi connectivity index (χ0) is 17.0. The minimum Gasteiger partial charge on any atom is -0.465 e. The van der Waals surface area contributed by atoms with Crippen LogP contribution in [0.2, 0.25) is 0 Å². The van der Waals surface area contributed by atoms with Gasteiger partial charge in [0.25, 0.3) is 0 Å². The molecule has 4 heterocycles. The van der Waals surface area contributed by atoms with Crippen molar-refractivity contribution in [2.45, 2.75) is 26.5 Å². The first-order chi connectivity index (χ1) is 12.2. The highest BCUT2D eigenvalue weighted by Gasteiger charge is 2.36. The maximum absolute atomic E-state index is 11.2. The first-order valence-corrected chi connectivity index (χ1v) is 9.01. The van der Waals surface area contributed by atoms with Crippen LogP contribution in [0.15, 0.2) is 29.8 Å². The highest BCUT2D eigenvalue weighted by molar-refractivity contribution is 5.91. The molecule has 0 saturated heterocycles. The number of hydrogen-bond acceptors (Lipinski definition) is 4. The monoisotopic (exact) mass is 338 g/mol. The molecule has 1 aromatic heterocycles. The maximum Gasteiger partial charge on any atom is 0.302 e. The summed E-state index contributed by atoms with van der Waals surface area (Å²) in [4.78, 5) is 13.7. The number of aromatic nitrogens is 1. The van der Waals surface area contributed by atoms with Gasteiger partial charge in [0.05, 0.1) is 30.1 Å². The Balaban J connectivity index is 1.62. The average Bonchev–Trinajstić information content (AvgIpc) is 2.80. The smallest absolute Gasteiger partial charge is 0.302 e. The van der Waals surface area contributed by atoms with Crippen LogP contribution in [0.25, 0.3) is 16.6 Å². The van der Waals surface area contributed by atoms with Crippen molar-refractivity contribution in [1.82, 2.24) is 9.47 Å². The highest BCUT2D eigenvalue weighted by Crippen LogP contribution is 2.43. The summed E-state index contributed by atoms with van der Waals surface area (Å²) in [5.41, 5.74) is 6.80. The van der Waals surface area contributed by atoms with Crippen LogP contribution in [-0.4, -0.2) is 41.7 Å². The first kappa shape index (κ1) is 15.0. The zero-order valence-corrected chi connectivity index (χ0v) is 14.5. The van der Waals surface area contributed by atoms with E-state index in [1.165, 1.54) is 40.4 Å². The number of hydrogen-bond donors (Lipinski definition) is 0. The van der Waals surface area contributed by atoms with E-state index in [4.69, 9.17) is 9.47 Å². The number of para-hydroxylation sites is 1. The molecular weight excluding hydrogens is 316 g/mol. The molecule has 0 unspecified atom stereocenters. The predicted molar refractivity (Wildman–Crippen MR) is 94.8 cm³/mol. The van der Waals surface area contributed by atoms with Gasteiger partial charge in [-0.3, -0.25) is 4.79 Å². The molecule has 130 valence electrons. The van der Waals surface area contributed by atoms with E-state index >= 15 is 0 Å². The summed E-state index contributed by atoms with van der Waals surface area (Å²) in [6.45, 7) is 5.22. The molecule has 0 bridgehead atoms. The molecule has 0 N–H and O–H groups in total. The summed E-state index contributed by atoms with van der Waals surface area (Å²) < 4.78 is 13.7. The molecule has 5 nitrogen and oxygen atoms in total. The lowest BCUT2D eigenvalue weighted by Crippen LogP contribution is -2.40. The molecule has 5 heteroatoms. The van der Waals surface area contributed by atoms with Gasteiger partial charge in [0.2, 0.25) is 0 Å². The van der Waals surface area contributed by atoms with Gasteiger partial charge in [-0.1, -0.05) is 18.2 Å². The van der Waals surface area contributed by atoms with E-state index in [0.29, 0.717) is 25.9 Å². The number of rotatable bonds is 2. The van der Waals surface area contributed by atoms with Crippen LogP contribution in [0, 0.1) is 5.92 Å². The topological polar surface area (TPSA) is 43.7 Å². The van der Waals surface area contributed by atoms with E-state index in [0.717, 1.165) is 25.9 Å². The Bertz CT molecular complexity index is 896. The Hall–Kier alpha value is -2.27. The van der Waals surface area contributed by atoms with Crippen molar-refractivity contribution < 1.29 is 14.3 Å². The van der Waals surface area contributed by atoms with E-state index in [2.05, 4.69) is 33.7 Å². The number of benzene rings is 1. The lowest BCUT2D eigenvalue weighted by atomic mass is 9.88. The molecule has 0 spiro atoms. The zero-order valence-electron chi connectivity index (χ0n) is 14.5. The molecule has 0 amide bonds. The Morgan fingerprint density at radius 1 is 1.36 bits per heavy atom. The number of ether oxygens (including phenoxy) is 2. The fourth-order valence-electron chi connectivity index (χ4n) is 4.67. The van der Waals surface area contributed by atoms with E-state index in [9.17, 15) is 4.79 Å². The van der Waals surface area contributed by atoms with Crippen molar-refractivity contribution in [2.24, 2.45) is 5.92 Å². The number of fused-ring (bicyclic) bond motifs is 3. The molecule has 1 aromatic carbocycles. The summed E-state index contributed by atoms with van der Waals surface area (Å²) in [5.74, 6) is 0.154. The van der Waals surface area contributed by atoms with Gasteiger partial charge in [-0.05, 0) is 30.0 Å². The highest BCUT2D eigenvalue weighted by atomic mass is 16.5. The van der Waals surface area contributed by atoms with Gasteiger partial charge in [-0.25, -0.2) is 0 Å². The van der Waals surface area contributed by atoms with Crippen molar-refractivity contribution >= 4 is 22.6 Å². The van der Waals surface area contributed by atoms with Gasteiger partial charge in [0, 0.05) is 31.3 Å². The van der Waals surface area contributed by atoms with Gasteiger partial charge >= 0.3 is 5.97 Å². The minimum atomic E-state index is -0.196. The second-order valence-corrected chi connectivity index (χ2v) is 7.27. The molecule has 3 aliphatic heterocycles. The predicted octanol–water partition coefficient (Wildman–Crippen LogP) is 2.78. The van der Waals surface area contributed by atoms with Gasteiger partial charge in [-0.2, -0.15) is 0 Å². The molecule has 3 aliphatic rings. The second kappa shape index (κ2) is 5.63. The maximum atomic E-state index is 11.2. The lowest BCUT2D eigenvalue weighted by molar-refractivity contribution is -0.142. The van der Waals surface area contributed by atoms with Gasteiger partial charge < -0.3 is 18.9 Å². The van der Waals surface area contributed by atoms with Gasteiger partial charge in [-0.15, -0.1) is 0 Å². The summed E-state index contributed by atoms with van der Waals surface area (Å²) in [6, 6.07) is 8.65. The van der Waals surface area contributed by atoms with Crippen molar-refractivity contribution in [3.63, 3.8) is 0 Å². The molecule has 0 fully saturated rings. The number of nitrogens with zero attached hydrogens (tertiary/aromatic N) is 2. The van der Waals surface area contributed by atoms with E-state index in [-0.39, 0.29) is 5.97 Å². The molecular formula is C20H22N2O3. The Morgan fingerprint density at radius 3 is 3.12 bits per heavy atom. The Morgan fingerprint density at radius 2 is 2.24 bits per heavy atom.